The van der Waals surface area contributed by atoms with Crippen LogP contribution in [0.3, 0.4) is 0 Å². The molecule has 1 amide bonds. The molecule has 1 aliphatic heterocycles. The summed E-state index contributed by atoms with van der Waals surface area (Å²) in [6, 6.07) is 2.11. The molecule has 1 aliphatic rings. The zero-order valence-corrected chi connectivity index (χ0v) is 11.2. The second-order valence-corrected chi connectivity index (χ2v) is 5.00. The van der Waals surface area contributed by atoms with Gasteiger partial charge in [0.25, 0.3) is 5.91 Å². The Morgan fingerprint density at radius 1 is 1.37 bits per heavy atom. The Bertz CT molecular complexity index is 485. The Morgan fingerprint density at radius 3 is 2.74 bits per heavy atom. The van der Waals surface area contributed by atoms with Crippen LogP contribution in [0.5, 0.6) is 0 Å². The van der Waals surface area contributed by atoms with Gasteiger partial charge in [-0.3, -0.25) is 4.79 Å². The smallest absolute Gasteiger partial charge is 0.256 e. The van der Waals surface area contributed by atoms with Gasteiger partial charge >= 0.3 is 0 Å². The highest BCUT2D eigenvalue weighted by Crippen LogP contribution is 2.18. The maximum absolute atomic E-state index is 13.7. The molecule has 1 saturated heterocycles. The van der Waals surface area contributed by atoms with Crippen LogP contribution in [0.2, 0.25) is 0 Å². The van der Waals surface area contributed by atoms with Crippen molar-refractivity contribution in [1.82, 2.24) is 10.2 Å². The number of amides is 1. The molecule has 1 atom stereocenters. The van der Waals surface area contributed by atoms with E-state index in [9.17, 15) is 13.6 Å². The van der Waals surface area contributed by atoms with Crippen molar-refractivity contribution < 1.29 is 13.6 Å². The van der Waals surface area contributed by atoms with E-state index in [-0.39, 0.29) is 17.2 Å². The van der Waals surface area contributed by atoms with E-state index in [1.54, 1.807) is 11.9 Å². The zero-order valence-electron chi connectivity index (χ0n) is 11.2. The molecule has 1 fully saturated rings. The van der Waals surface area contributed by atoms with Crippen LogP contribution in [-0.2, 0) is 0 Å². The highest BCUT2D eigenvalue weighted by atomic mass is 19.1. The molecular weight excluding hydrogens is 250 g/mol. The van der Waals surface area contributed by atoms with Gasteiger partial charge in [-0.2, -0.15) is 0 Å². The largest absolute Gasteiger partial charge is 0.337 e. The summed E-state index contributed by atoms with van der Waals surface area (Å²) in [5.41, 5.74) is 0.215. The Balaban J connectivity index is 2.21. The van der Waals surface area contributed by atoms with Gasteiger partial charge < -0.3 is 10.2 Å². The van der Waals surface area contributed by atoms with E-state index in [4.69, 9.17) is 0 Å². The fourth-order valence-corrected chi connectivity index (χ4v) is 2.34. The van der Waals surface area contributed by atoms with Gasteiger partial charge in [-0.1, -0.05) is 0 Å². The highest BCUT2D eigenvalue weighted by Gasteiger charge is 2.25. The third-order valence-corrected chi connectivity index (χ3v) is 3.62. The topological polar surface area (TPSA) is 32.3 Å². The van der Waals surface area contributed by atoms with Crippen LogP contribution in [0.25, 0.3) is 0 Å². The minimum absolute atomic E-state index is 0.0611. The summed E-state index contributed by atoms with van der Waals surface area (Å²) < 4.78 is 26.9. The van der Waals surface area contributed by atoms with Gasteiger partial charge in [0.05, 0.1) is 5.56 Å². The molecule has 0 bridgehead atoms. The average Bonchev–Trinajstić information content (AvgIpc) is 2.42. The number of hydrogen-bond acceptors (Lipinski definition) is 2. The number of piperidine rings is 1. The van der Waals surface area contributed by atoms with Crippen molar-refractivity contribution in [3.05, 3.63) is 34.9 Å². The quantitative estimate of drug-likeness (QED) is 0.891. The number of hydrogen-bond donors (Lipinski definition) is 1. The lowest BCUT2D eigenvalue weighted by molar-refractivity contribution is 0.0703. The lowest BCUT2D eigenvalue weighted by Crippen LogP contribution is -2.46. The first kappa shape index (κ1) is 13.9. The maximum Gasteiger partial charge on any atom is 0.256 e. The van der Waals surface area contributed by atoms with Crippen LogP contribution in [0.4, 0.5) is 8.78 Å². The van der Waals surface area contributed by atoms with Gasteiger partial charge in [0, 0.05) is 25.7 Å². The van der Waals surface area contributed by atoms with Gasteiger partial charge in [0.2, 0.25) is 0 Å². The summed E-state index contributed by atoms with van der Waals surface area (Å²) in [5, 5.41) is 3.21. The first-order valence-electron chi connectivity index (χ1n) is 6.44. The number of nitrogens with one attached hydrogen (secondary N) is 1. The lowest BCUT2D eigenvalue weighted by atomic mass is 10.0. The van der Waals surface area contributed by atoms with Crippen molar-refractivity contribution in [2.45, 2.75) is 25.8 Å². The molecule has 0 aromatic heterocycles. The van der Waals surface area contributed by atoms with Crippen LogP contribution in [0.1, 0.15) is 28.8 Å². The molecule has 19 heavy (non-hydrogen) atoms. The SMILES string of the molecule is Cc1cc(C(=O)N(C)C2CCCNC2)c(F)cc1F. The third-order valence-electron chi connectivity index (χ3n) is 3.62. The fraction of sp³-hybridized carbons (Fsp3) is 0.500. The Labute approximate surface area is 111 Å². The number of carbonyl (C=O) groups is 1. The van der Waals surface area contributed by atoms with E-state index in [2.05, 4.69) is 5.32 Å². The van der Waals surface area contributed by atoms with Crippen LogP contribution in [0.15, 0.2) is 12.1 Å². The molecule has 1 aromatic carbocycles. The fourth-order valence-electron chi connectivity index (χ4n) is 2.34. The molecule has 5 heteroatoms. The molecule has 2 rings (SSSR count). The molecule has 1 N–H and O–H groups in total. The molecule has 0 spiro atoms. The summed E-state index contributed by atoms with van der Waals surface area (Å²) >= 11 is 0. The van der Waals surface area contributed by atoms with E-state index < -0.39 is 17.5 Å². The first-order chi connectivity index (χ1) is 9.00. The minimum atomic E-state index is -0.802. The van der Waals surface area contributed by atoms with E-state index in [1.807, 2.05) is 0 Å². The molecular formula is C14H18F2N2O. The maximum atomic E-state index is 13.7. The number of benzene rings is 1. The van der Waals surface area contributed by atoms with Crippen molar-refractivity contribution >= 4 is 5.91 Å². The summed E-state index contributed by atoms with van der Waals surface area (Å²) in [6.45, 7) is 3.18. The molecule has 1 heterocycles. The Hall–Kier alpha value is -1.49. The van der Waals surface area contributed by atoms with E-state index in [0.29, 0.717) is 6.54 Å². The molecule has 1 aromatic rings. The number of aryl methyl sites for hydroxylation is 1. The van der Waals surface area contributed by atoms with E-state index in [1.165, 1.54) is 13.0 Å². The van der Waals surface area contributed by atoms with Crippen LogP contribution in [-0.4, -0.2) is 37.0 Å². The van der Waals surface area contributed by atoms with Crippen molar-refractivity contribution in [2.75, 3.05) is 20.1 Å². The number of halogens is 2. The normalized spacial score (nSPS) is 19.3. The summed E-state index contributed by atoms with van der Waals surface area (Å²) in [7, 11) is 1.66. The second-order valence-electron chi connectivity index (χ2n) is 5.00. The van der Waals surface area contributed by atoms with Crippen molar-refractivity contribution in [2.24, 2.45) is 0 Å². The van der Waals surface area contributed by atoms with Gasteiger partial charge in [0.1, 0.15) is 11.6 Å². The van der Waals surface area contributed by atoms with Crippen LogP contribution >= 0.6 is 0 Å². The molecule has 0 aliphatic carbocycles. The van der Waals surface area contributed by atoms with Gasteiger partial charge in [-0.25, -0.2) is 8.78 Å². The highest BCUT2D eigenvalue weighted by molar-refractivity contribution is 5.94. The summed E-state index contributed by atoms with van der Waals surface area (Å²) in [4.78, 5) is 13.8. The summed E-state index contributed by atoms with van der Waals surface area (Å²) in [5.74, 6) is -1.82. The molecule has 0 saturated carbocycles. The molecule has 1 unspecified atom stereocenters. The lowest BCUT2D eigenvalue weighted by Gasteiger charge is -2.31. The first-order valence-corrected chi connectivity index (χ1v) is 6.44. The average molecular weight is 268 g/mol. The predicted molar refractivity (Wildman–Crippen MR) is 69.1 cm³/mol. The van der Waals surface area contributed by atoms with Crippen molar-refractivity contribution in [1.29, 1.82) is 0 Å². The number of carbonyl (C=O) groups excluding carboxylic acids is 1. The van der Waals surface area contributed by atoms with E-state index in [0.717, 1.165) is 25.5 Å². The van der Waals surface area contributed by atoms with Crippen LogP contribution < -0.4 is 5.32 Å². The van der Waals surface area contributed by atoms with Crippen LogP contribution in [0, 0.1) is 18.6 Å². The Morgan fingerprint density at radius 2 is 2.11 bits per heavy atom. The predicted octanol–water partition coefficient (Wildman–Crippen LogP) is 2.10. The van der Waals surface area contributed by atoms with Crippen molar-refractivity contribution in [3.63, 3.8) is 0 Å². The van der Waals surface area contributed by atoms with Gasteiger partial charge in [-0.15, -0.1) is 0 Å². The standard InChI is InChI=1S/C14H18F2N2O/c1-9-6-11(13(16)7-12(9)15)14(19)18(2)10-4-3-5-17-8-10/h6-7,10,17H,3-5,8H2,1-2H3. The van der Waals surface area contributed by atoms with Crippen molar-refractivity contribution in [3.8, 4) is 0 Å². The monoisotopic (exact) mass is 268 g/mol. The molecule has 104 valence electrons. The Kier molecular flexibility index (Phi) is 4.14. The molecule has 0 radical (unpaired) electrons. The number of rotatable bonds is 2. The van der Waals surface area contributed by atoms with E-state index >= 15 is 0 Å². The van der Waals surface area contributed by atoms with Gasteiger partial charge in [-0.05, 0) is 37.9 Å². The van der Waals surface area contributed by atoms with Gasteiger partial charge in [0.15, 0.2) is 0 Å². The molecule has 3 nitrogen and oxygen atoms in total. The zero-order chi connectivity index (χ0) is 14.0. The second kappa shape index (κ2) is 5.65. The third kappa shape index (κ3) is 2.92. The summed E-state index contributed by atoms with van der Waals surface area (Å²) in [6.07, 6.45) is 1.89. The minimum Gasteiger partial charge on any atom is -0.337 e. The number of likely N-dealkylation sites (N-methyl/N-ethyl adjacent to an activating group) is 1. The number of nitrogens with zero attached hydrogens (tertiary/aromatic N) is 1.